The van der Waals surface area contributed by atoms with E-state index in [1.165, 1.54) is 51.9 Å². The minimum Gasteiger partial charge on any atom is -0.396 e. The molecule has 0 aliphatic carbocycles. The van der Waals surface area contributed by atoms with Gasteiger partial charge in [-0.3, -0.25) is 4.90 Å². The molecule has 2 saturated heterocycles. The molecule has 1 N–H and O–H groups in total. The number of likely N-dealkylation sites (tertiary alicyclic amines) is 2. The summed E-state index contributed by atoms with van der Waals surface area (Å²) >= 11 is 0. The summed E-state index contributed by atoms with van der Waals surface area (Å²) in [5.74, 6) is 0. The van der Waals surface area contributed by atoms with Gasteiger partial charge >= 0.3 is 0 Å². The van der Waals surface area contributed by atoms with Gasteiger partial charge < -0.3 is 10.0 Å². The maximum Gasteiger partial charge on any atom is 0.0497 e. The van der Waals surface area contributed by atoms with Crippen molar-refractivity contribution in [2.45, 2.75) is 52.0 Å². The van der Waals surface area contributed by atoms with Crippen LogP contribution >= 0.6 is 0 Å². The molecule has 2 heterocycles. The van der Waals surface area contributed by atoms with Crippen molar-refractivity contribution >= 4 is 0 Å². The van der Waals surface area contributed by atoms with E-state index >= 15 is 0 Å². The molecule has 2 fully saturated rings. The second-order valence-corrected chi connectivity index (χ2v) is 6.64. The Hall–Kier alpha value is -0.120. The zero-order chi connectivity index (χ0) is 13.0. The van der Waals surface area contributed by atoms with Crippen LogP contribution in [0.5, 0.6) is 0 Å². The third-order valence-electron chi connectivity index (χ3n) is 4.75. The smallest absolute Gasteiger partial charge is 0.0497 e. The molecule has 0 radical (unpaired) electrons. The lowest BCUT2D eigenvalue weighted by Gasteiger charge is -2.32. The molecule has 0 amide bonds. The molecule has 0 aromatic heterocycles. The highest BCUT2D eigenvalue weighted by Gasteiger charge is 2.33. The molecule has 0 aromatic rings. The predicted molar refractivity (Wildman–Crippen MR) is 75.8 cm³/mol. The van der Waals surface area contributed by atoms with Crippen molar-refractivity contribution in [1.29, 1.82) is 0 Å². The SMILES string of the molecule is CCCC(C)(CO)CN1CCC(N2CCCC2)C1. The van der Waals surface area contributed by atoms with E-state index in [9.17, 15) is 5.11 Å². The van der Waals surface area contributed by atoms with Crippen molar-refractivity contribution < 1.29 is 5.11 Å². The van der Waals surface area contributed by atoms with E-state index in [1.807, 2.05) is 0 Å². The summed E-state index contributed by atoms with van der Waals surface area (Å²) in [5.41, 5.74) is 0.106. The van der Waals surface area contributed by atoms with E-state index in [0.29, 0.717) is 6.61 Å². The van der Waals surface area contributed by atoms with Gasteiger partial charge in [0.2, 0.25) is 0 Å². The minimum absolute atomic E-state index is 0.106. The Morgan fingerprint density at radius 3 is 2.56 bits per heavy atom. The maximum absolute atomic E-state index is 9.62. The van der Waals surface area contributed by atoms with Crippen molar-refractivity contribution in [2.75, 3.05) is 39.3 Å². The normalized spacial score (nSPS) is 29.8. The van der Waals surface area contributed by atoms with E-state index in [2.05, 4.69) is 23.6 Å². The highest BCUT2D eigenvalue weighted by molar-refractivity contribution is 4.88. The molecule has 0 spiro atoms. The van der Waals surface area contributed by atoms with Crippen molar-refractivity contribution in [3.63, 3.8) is 0 Å². The lowest BCUT2D eigenvalue weighted by Crippen LogP contribution is -2.40. The number of aliphatic hydroxyl groups excluding tert-OH is 1. The molecule has 0 saturated carbocycles. The number of nitrogens with zero attached hydrogens (tertiary/aromatic N) is 2. The first-order valence-corrected chi connectivity index (χ1v) is 7.74. The third-order valence-corrected chi connectivity index (χ3v) is 4.75. The van der Waals surface area contributed by atoms with Gasteiger partial charge in [-0.2, -0.15) is 0 Å². The van der Waals surface area contributed by atoms with Gasteiger partial charge in [0.1, 0.15) is 0 Å². The second-order valence-electron chi connectivity index (χ2n) is 6.64. The molecule has 0 aromatic carbocycles. The highest BCUT2D eigenvalue weighted by Crippen LogP contribution is 2.27. The van der Waals surface area contributed by atoms with Crippen molar-refractivity contribution in [2.24, 2.45) is 5.41 Å². The van der Waals surface area contributed by atoms with Gasteiger partial charge in [-0.05, 0) is 45.3 Å². The molecule has 2 unspecified atom stereocenters. The molecule has 18 heavy (non-hydrogen) atoms. The Bertz CT molecular complexity index is 253. The Morgan fingerprint density at radius 1 is 1.22 bits per heavy atom. The van der Waals surface area contributed by atoms with Crippen LogP contribution in [-0.4, -0.2) is 60.3 Å². The number of hydrogen-bond donors (Lipinski definition) is 1. The fourth-order valence-electron chi connectivity index (χ4n) is 3.71. The number of aliphatic hydroxyl groups is 1. The van der Waals surface area contributed by atoms with Crippen LogP contribution in [-0.2, 0) is 0 Å². The predicted octanol–water partition coefficient (Wildman–Crippen LogP) is 1.96. The van der Waals surface area contributed by atoms with Crippen LogP contribution in [0.3, 0.4) is 0 Å². The molecule has 2 aliphatic rings. The summed E-state index contributed by atoms with van der Waals surface area (Å²) < 4.78 is 0. The van der Waals surface area contributed by atoms with E-state index in [4.69, 9.17) is 0 Å². The molecular formula is C15H30N2O. The van der Waals surface area contributed by atoms with Crippen LogP contribution in [0.2, 0.25) is 0 Å². The fraction of sp³-hybridized carbons (Fsp3) is 1.00. The Morgan fingerprint density at radius 2 is 1.94 bits per heavy atom. The van der Waals surface area contributed by atoms with Gasteiger partial charge in [0.25, 0.3) is 0 Å². The van der Waals surface area contributed by atoms with E-state index in [-0.39, 0.29) is 5.41 Å². The summed E-state index contributed by atoms with van der Waals surface area (Å²) in [6, 6.07) is 0.789. The molecule has 2 rings (SSSR count). The largest absolute Gasteiger partial charge is 0.396 e. The number of hydrogen-bond acceptors (Lipinski definition) is 3. The quantitative estimate of drug-likeness (QED) is 0.785. The summed E-state index contributed by atoms with van der Waals surface area (Å²) in [6.07, 6.45) is 6.41. The first kappa shape index (κ1) is 14.3. The van der Waals surface area contributed by atoms with Crippen LogP contribution in [0.15, 0.2) is 0 Å². The lowest BCUT2D eigenvalue weighted by molar-refractivity contribution is 0.0862. The van der Waals surface area contributed by atoms with E-state index in [0.717, 1.165) is 19.0 Å². The molecule has 106 valence electrons. The first-order chi connectivity index (χ1) is 8.67. The van der Waals surface area contributed by atoms with Crippen molar-refractivity contribution in [3.05, 3.63) is 0 Å². The van der Waals surface area contributed by atoms with Gasteiger partial charge in [0.05, 0.1) is 0 Å². The summed E-state index contributed by atoms with van der Waals surface area (Å²) in [4.78, 5) is 5.25. The van der Waals surface area contributed by atoms with Gasteiger partial charge in [-0.1, -0.05) is 20.3 Å². The van der Waals surface area contributed by atoms with Gasteiger partial charge in [-0.15, -0.1) is 0 Å². The van der Waals surface area contributed by atoms with Crippen LogP contribution < -0.4 is 0 Å². The topological polar surface area (TPSA) is 26.7 Å². The monoisotopic (exact) mass is 254 g/mol. The highest BCUT2D eigenvalue weighted by atomic mass is 16.3. The number of rotatable bonds is 6. The summed E-state index contributed by atoms with van der Waals surface area (Å²) in [7, 11) is 0. The minimum atomic E-state index is 0.106. The third kappa shape index (κ3) is 3.46. The van der Waals surface area contributed by atoms with Crippen molar-refractivity contribution in [3.8, 4) is 0 Å². The van der Waals surface area contributed by atoms with Gasteiger partial charge in [-0.25, -0.2) is 0 Å². The Balaban J connectivity index is 1.80. The maximum atomic E-state index is 9.62. The molecular weight excluding hydrogens is 224 g/mol. The van der Waals surface area contributed by atoms with Crippen LogP contribution in [0, 0.1) is 5.41 Å². The lowest BCUT2D eigenvalue weighted by atomic mass is 9.86. The van der Waals surface area contributed by atoms with Crippen LogP contribution in [0.25, 0.3) is 0 Å². The van der Waals surface area contributed by atoms with E-state index in [1.54, 1.807) is 0 Å². The standard InChI is InChI=1S/C15H30N2O/c1-3-7-15(2,13-18)12-16-10-6-14(11-16)17-8-4-5-9-17/h14,18H,3-13H2,1-2H3. The Kier molecular flexibility index (Phi) is 5.05. The molecule has 2 aliphatic heterocycles. The summed E-state index contributed by atoms with van der Waals surface area (Å²) in [5, 5.41) is 9.62. The summed E-state index contributed by atoms with van der Waals surface area (Å²) in [6.45, 7) is 10.9. The van der Waals surface area contributed by atoms with Crippen molar-refractivity contribution in [1.82, 2.24) is 9.80 Å². The molecule has 3 heteroatoms. The molecule has 3 nitrogen and oxygen atoms in total. The van der Waals surface area contributed by atoms with E-state index < -0.39 is 0 Å². The average molecular weight is 254 g/mol. The second kappa shape index (κ2) is 6.36. The fourth-order valence-corrected chi connectivity index (χ4v) is 3.71. The zero-order valence-electron chi connectivity index (χ0n) is 12.2. The first-order valence-electron chi connectivity index (χ1n) is 7.74. The van der Waals surface area contributed by atoms with Crippen LogP contribution in [0.1, 0.15) is 46.0 Å². The zero-order valence-corrected chi connectivity index (χ0v) is 12.2. The average Bonchev–Trinajstić information content (AvgIpc) is 2.99. The molecule has 2 atom stereocenters. The van der Waals surface area contributed by atoms with Gasteiger partial charge in [0.15, 0.2) is 0 Å². The Labute approximate surface area is 112 Å². The molecule has 0 bridgehead atoms. The van der Waals surface area contributed by atoms with Crippen LogP contribution in [0.4, 0.5) is 0 Å². The van der Waals surface area contributed by atoms with Gasteiger partial charge in [0, 0.05) is 31.2 Å².